The van der Waals surface area contributed by atoms with E-state index in [1.54, 1.807) is 13.0 Å². The molecule has 112 valence electrons. The lowest BCUT2D eigenvalue weighted by Crippen LogP contribution is -2.16. The summed E-state index contributed by atoms with van der Waals surface area (Å²) in [6, 6.07) is 9.72. The van der Waals surface area contributed by atoms with E-state index in [1.165, 1.54) is 0 Å². The zero-order valence-electron chi connectivity index (χ0n) is 12.2. The van der Waals surface area contributed by atoms with E-state index >= 15 is 0 Å². The van der Waals surface area contributed by atoms with Gasteiger partial charge in [-0.2, -0.15) is 0 Å². The fraction of sp³-hybridized carbons (Fsp3) is 0.353. The third-order valence-electron chi connectivity index (χ3n) is 3.23. The van der Waals surface area contributed by atoms with Crippen LogP contribution in [0.4, 0.5) is 0 Å². The highest BCUT2D eigenvalue weighted by atomic mass is 16.5. The molecule has 0 aromatic heterocycles. The molecular weight excluding hydrogens is 268 g/mol. The largest absolute Gasteiger partial charge is 0.465 e. The minimum Gasteiger partial charge on any atom is -0.465 e. The van der Waals surface area contributed by atoms with Crippen molar-refractivity contribution in [1.29, 1.82) is 0 Å². The van der Waals surface area contributed by atoms with Gasteiger partial charge >= 0.3 is 5.97 Å². The molecule has 0 aliphatic carbocycles. The van der Waals surface area contributed by atoms with Crippen molar-refractivity contribution in [3.8, 4) is 0 Å². The van der Waals surface area contributed by atoms with Crippen molar-refractivity contribution >= 4 is 18.5 Å². The summed E-state index contributed by atoms with van der Waals surface area (Å²) in [7, 11) is 0. The number of ether oxygens (including phenoxy) is 1. The Morgan fingerprint density at radius 1 is 1.24 bits per heavy atom. The van der Waals surface area contributed by atoms with Crippen LogP contribution >= 0.6 is 0 Å². The summed E-state index contributed by atoms with van der Waals surface area (Å²) in [6.07, 6.45) is 3.87. The first kappa shape index (κ1) is 16.8. The molecule has 0 radical (unpaired) electrons. The van der Waals surface area contributed by atoms with Gasteiger partial charge in [-0.25, -0.2) is 0 Å². The van der Waals surface area contributed by atoms with E-state index in [4.69, 9.17) is 4.74 Å². The number of aldehydes is 2. The summed E-state index contributed by atoms with van der Waals surface area (Å²) in [4.78, 5) is 33.3. The molecule has 21 heavy (non-hydrogen) atoms. The summed E-state index contributed by atoms with van der Waals surface area (Å²) < 4.78 is 5.16. The van der Waals surface area contributed by atoms with Crippen LogP contribution in [-0.2, 0) is 25.5 Å². The molecule has 1 aromatic rings. The van der Waals surface area contributed by atoms with Gasteiger partial charge in [0, 0.05) is 18.8 Å². The highest BCUT2D eigenvalue weighted by Crippen LogP contribution is 2.17. The number of benzene rings is 1. The van der Waals surface area contributed by atoms with Gasteiger partial charge in [-0.15, -0.1) is 0 Å². The number of esters is 1. The SMILES string of the molecule is CC=C(C=O)[C@@H](CC=O)CC(=O)OCCc1ccccc1. The van der Waals surface area contributed by atoms with Gasteiger partial charge in [-0.1, -0.05) is 36.4 Å². The van der Waals surface area contributed by atoms with Crippen molar-refractivity contribution in [2.24, 2.45) is 5.92 Å². The summed E-state index contributed by atoms with van der Waals surface area (Å²) in [5.74, 6) is -0.784. The van der Waals surface area contributed by atoms with Crippen molar-refractivity contribution in [3.05, 3.63) is 47.5 Å². The van der Waals surface area contributed by atoms with Crippen LogP contribution in [0.2, 0.25) is 0 Å². The molecule has 0 saturated heterocycles. The van der Waals surface area contributed by atoms with E-state index in [0.29, 0.717) is 24.9 Å². The second-order valence-corrected chi connectivity index (χ2v) is 4.67. The Labute approximate surface area is 124 Å². The summed E-state index contributed by atoms with van der Waals surface area (Å²) in [6.45, 7) is 2.01. The van der Waals surface area contributed by atoms with E-state index in [2.05, 4.69) is 0 Å². The second kappa shape index (κ2) is 9.64. The Morgan fingerprint density at radius 2 is 1.95 bits per heavy atom. The fourth-order valence-corrected chi connectivity index (χ4v) is 2.04. The van der Waals surface area contributed by atoms with Crippen LogP contribution in [0.15, 0.2) is 42.0 Å². The quantitative estimate of drug-likeness (QED) is 0.398. The molecule has 0 unspecified atom stereocenters. The van der Waals surface area contributed by atoms with Crippen LogP contribution in [-0.4, -0.2) is 25.1 Å². The highest BCUT2D eigenvalue weighted by Gasteiger charge is 2.18. The highest BCUT2D eigenvalue weighted by molar-refractivity contribution is 5.78. The minimum absolute atomic E-state index is 0.0476. The molecule has 1 aromatic carbocycles. The minimum atomic E-state index is -0.394. The van der Waals surface area contributed by atoms with Crippen molar-refractivity contribution in [2.45, 2.75) is 26.2 Å². The number of hydrogen-bond donors (Lipinski definition) is 0. The van der Waals surface area contributed by atoms with Gasteiger partial charge in [-0.3, -0.25) is 9.59 Å². The van der Waals surface area contributed by atoms with Crippen LogP contribution in [0.5, 0.6) is 0 Å². The lowest BCUT2D eigenvalue weighted by Gasteiger charge is -2.13. The molecule has 1 atom stereocenters. The number of hydrogen-bond acceptors (Lipinski definition) is 4. The van der Waals surface area contributed by atoms with Gasteiger partial charge in [0.1, 0.15) is 12.6 Å². The molecule has 0 amide bonds. The van der Waals surface area contributed by atoms with E-state index in [0.717, 1.165) is 11.8 Å². The Morgan fingerprint density at radius 3 is 2.52 bits per heavy atom. The zero-order valence-corrected chi connectivity index (χ0v) is 12.2. The van der Waals surface area contributed by atoms with Crippen LogP contribution in [0, 0.1) is 5.92 Å². The normalized spacial score (nSPS) is 12.5. The van der Waals surface area contributed by atoms with Gasteiger partial charge in [0.15, 0.2) is 0 Å². The van der Waals surface area contributed by atoms with Gasteiger partial charge in [0.05, 0.1) is 13.0 Å². The molecule has 0 N–H and O–H groups in total. The first-order valence-electron chi connectivity index (χ1n) is 6.95. The van der Waals surface area contributed by atoms with Gasteiger partial charge in [-0.05, 0) is 18.1 Å². The van der Waals surface area contributed by atoms with Crippen molar-refractivity contribution in [3.63, 3.8) is 0 Å². The lowest BCUT2D eigenvalue weighted by molar-refractivity contribution is -0.144. The van der Waals surface area contributed by atoms with Gasteiger partial charge < -0.3 is 9.53 Å². The third-order valence-corrected chi connectivity index (χ3v) is 3.23. The van der Waals surface area contributed by atoms with Crippen molar-refractivity contribution < 1.29 is 19.1 Å². The standard InChI is InChI=1S/C17H20O4/c1-2-15(13-19)16(8-10-18)12-17(20)21-11-9-14-6-4-3-5-7-14/h2-7,10,13,16H,8-9,11-12H2,1H3/t16-/m0/s1. The summed E-state index contributed by atoms with van der Waals surface area (Å²) in [5.41, 5.74) is 1.55. The number of carbonyl (C=O) groups excluding carboxylic acids is 3. The molecule has 1 rings (SSSR count). The topological polar surface area (TPSA) is 60.4 Å². The van der Waals surface area contributed by atoms with Crippen molar-refractivity contribution in [2.75, 3.05) is 6.61 Å². The van der Waals surface area contributed by atoms with E-state index in [1.807, 2.05) is 30.3 Å². The lowest BCUT2D eigenvalue weighted by atomic mass is 9.93. The second-order valence-electron chi connectivity index (χ2n) is 4.67. The molecule has 0 aliphatic heterocycles. The molecule has 0 saturated carbocycles. The molecule has 0 spiro atoms. The monoisotopic (exact) mass is 288 g/mol. The van der Waals surface area contributed by atoms with Crippen LogP contribution in [0.3, 0.4) is 0 Å². The maximum atomic E-state index is 11.8. The Hall–Kier alpha value is -2.23. The average molecular weight is 288 g/mol. The van der Waals surface area contributed by atoms with Crippen LogP contribution in [0.1, 0.15) is 25.3 Å². The van der Waals surface area contributed by atoms with Gasteiger partial charge in [0.25, 0.3) is 0 Å². The van der Waals surface area contributed by atoms with E-state index < -0.39 is 5.92 Å². The number of allylic oxidation sites excluding steroid dienone is 2. The predicted octanol–water partition coefficient (Wildman–Crippen LogP) is 2.51. The Kier molecular flexibility index (Phi) is 7.72. The Bertz CT molecular complexity index is 491. The number of carbonyl (C=O) groups is 3. The maximum Gasteiger partial charge on any atom is 0.306 e. The Balaban J connectivity index is 2.43. The van der Waals surface area contributed by atoms with Crippen LogP contribution in [0.25, 0.3) is 0 Å². The molecule has 4 heteroatoms. The zero-order chi connectivity index (χ0) is 15.5. The predicted molar refractivity (Wildman–Crippen MR) is 79.7 cm³/mol. The molecular formula is C17H20O4. The summed E-state index contributed by atoms with van der Waals surface area (Å²) >= 11 is 0. The first-order chi connectivity index (χ1) is 10.2. The molecule has 0 fully saturated rings. The average Bonchev–Trinajstić information content (AvgIpc) is 2.49. The first-order valence-corrected chi connectivity index (χ1v) is 6.95. The molecule has 0 bridgehead atoms. The smallest absolute Gasteiger partial charge is 0.306 e. The molecule has 0 heterocycles. The third kappa shape index (κ3) is 6.17. The number of rotatable bonds is 9. The van der Waals surface area contributed by atoms with Crippen molar-refractivity contribution in [1.82, 2.24) is 0 Å². The maximum absolute atomic E-state index is 11.8. The van der Waals surface area contributed by atoms with E-state index in [-0.39, 0.29) is 18.8 Å². The van der Waals surface area contributed by atoms with Gasteiger partial charge in [0.2, 0.25) is 0 Å². The fourth-order valence-electron chi connectivity index (χ4n) is 2.04. The molecule has 0 aliphatic rings. The van der Waals surface area contributed by atoms with Crippen LogP contribution < -0.4 is 0 Å². The molecule has 4 nitrogen and oxygen atoms in total. The van der Waals surface area contributed by atoms with E-state index in [9.17, 15) is 14.4 Å². The summed E-state index contributed by atoms with van der Waals surface area (Å²) in [5, 5.41) is 0.